The molecule has 0 radical (unpaired) electrons. The van der Waals surface area contributed by atoms with Gasteiger partial charge in [-0.25, -0.2) is 4.98 Å². The molecule has 3 rings (SSSR count). The lowest BCUT2D eigenvalue weighted by atomic mass is 10.1. The number of aromatic nitrogens is 5. The third-order valence-electron chi connectivity index (χ3n) is 3.07. The first-order chi connectivity index (χ1) is 9.22. The molecule has 0 aliphatic carbocycles. The monoisotopic (exact) mass is 280 g/mol. The molecule has 0 amide bonds. The number of rotatable bonds is 2. The maximum absolute atomic E-state index is 9.51. The molecular weight excluding hydrogens is 268 g/mol. The standard InChI is InChI=1S/C11H13ClN6O/c12-9-14-10(17-4-1-8(19)2-5-17)16-11(15-9)18-6-3-13-7-18/h3,6-8,19H,1-2,4-5H2. The van der Waals surface area contributed by atoms with Crippen molar-refractivity contribution in [2.75, 3.05) is 18.0 Å². The summed E-state index contributed by atoms with van der Waals surface area (Å²) in [5.74, 6) is 0.981. The molecule has 0 bridgehead atoms. The van der Waals surface area contributed by atoms with E-state index in [1.807, 2.05) is 4.90 Å². The molecule has 0 spiro atoms. The number of aliphatic hydroxyl groups is 1. The first kappa shape index (κ1) is 12.3. The molecule has 7 nitrogen and oxygen atoms in total. The summed E-state index contributed by atoms with van der Waals surface area (Å²) >= 11 is 5.94. The molecule has 3 heterocycles. The molecule has 2 aromatic heterocycles. The Kier molecular flexibility index (Phi) is 3.31. The third kappa shape index (κ3) is 2.66. The van der Waals surface area contributed by atoms with Crippen molar-refractivity contribution < 1.29 is 5.11 Å². The number of aliphatic hydroxyl groups excluding tert-OH is 1. The van der Waals surface area contributed by atoms with Crippen LogP contribution in [0.1, 0.15) is 12.8 Å². The van der Waals surface area contributed by atoms with E-state index in [0.29, 0.717) is 37.8 Å². The zero-order chi connectivity index (χ0) is 13.2. The zero-order valence-electron chi connectivity index (χ0n) is 10.1. The molecule has 1 aliphatic rings. The molecule has 1 N–H and O–H groups in total. The van der Waals surface area contributed by atoms with Gasteiger partial charge in [-0.3, -0.25) is 4.57 Å². The van der Waals surface area contributed by atoms with Crippen molar-refractivity contribution in [3.8, 4) is 5.95 Å². The van der Waals surface area contributed by atoms with E-state index in [-0.39, 0.29) is 11.4 Å². The van der Waals surface area contributed by atoms with Gasteiger partial charge in [0.05, 0.1) is 6.10 Å². The minimum atomic E-state index is -0.235. The average molecular weight is 281 g/mol. The van der Waals surface area contributed by atoms with Crippen molar-refractivity contribution in [3.05, 3.63) is 24.0 Å². The van der Waals surface area contributed by atoms with E-state index in [1.54, 1.807) is 23.3 Å². The molecular formula is C11H13ClN6O. The number of hydrogen-bond donors (Lipinski definition) is 1. The second kappa shape index (κ2) is 5.10. The summed E-state index contributed by atoms with van der Waals surface area (Å²) in [4.78, 5) is 18.6. The Labute approximate surface area is 114 Å². The van der Waals surface area contributed by atoms with Crippen LogP contribution in [-0.4, -0.2) is 48.8 Å². The van der Waals surface area contributed by atoms with E-state index < -0.39 is 0 Å². The smallest absolute Gasteiger partial charge is 0.241 e. The molecule has 0 atom stereocenters. The number of halogens is 1. The number of hydrogen-bond acceptors (Lipinski definition) is 6. The molecule has 1 fully saturated rings. The van der Waals surface area contributed by atoms with E-state index in [1.165, 1.54) is 0 Å². The van der Waals surface area contributed by atoms with Gasteiger partial charge in [0.15, 0.2) is 0 Å². The largest absolute Gasteiger partial charge is 0.393 e. The number of anilines is 1. The lowest BCUT2D eigenvalue weighted by Crippen LogP contribution is -2.37. The lowest BCUT2D eigenvalue weighted by Gasteiger charge is -2.29. The summed E-state index contributed by atoms with van der Waals surface area (Å²) in [6.45, 7) is 1.43. The predicted molar refractivity (Wildman–Crippen MR) is 69.4 cm³/mol. The van der Waals surface area contributed by atoms with Gasteiger partial charge in [-0.1, -0.05) is 0 Å². The van der Waals surface area contributed by atoms with Gasteiger partial charge < -0.3 is 10.0 Å². The van der Waals surface area contributed by atoms with E-state index in [4.69, 9.17) is 11.6 Å². The van der Waals surface area contributed by atoms with Crippen LogP contribution in [0.5, 0.6) is 0 Å². The fourth-order valence-electron chi connectivity index (χ4n) is 2.03. The van der Waals surface area contributed by atoms with E-state index in [2.05, 4.69) is 19.9 Å². The van der Waals surface area contributed by atoms with Gasteiger partial charge in [0, 0.05) is 25.5 Å². The summed E-state index contributed by atoms with van der Waals surface area (Å²) in [5, 5.41) is 9.67. The molecule has 0 saturated carbocycles. The summed E-state index contributed by atoms with van der Waals surface area (Å²) in [6, 6.07) is 0. The Morgan fingerprint density at radius 3 is 2.58 bits per heavy atom. The van der Waals surface area contributed by atoms with Gasteiger partial charge >= 0.3 is 0 Å². The predicted octanol–water partition coefficient (Wildman–Crippen LogP) is 0.672. The van der Waals surface area contributed by atoms with Gasteiger partial charge in [0.1, 0.15) is 6.33 Å². The van der Waals surface area contributed by atoms with Gasteiger partial charge in [-0.05, 0) is 24.4 Å². The maximum Gasteiger partial charge on any atom is 0.241 e. The molecule has 8 heteroatoms. The van der Waals surface area contributed by atoms with Crippen molar-refractivity contribution in [3.63, 3.8) is 0 Å². The SMILES string of the molecule is OC1CCN(c2nc(Cl)nc(-n3ccnc3)n2)CC1. The Hall–Kier alpha value is -1.73. The Balaban J connectivity index is 1.90. The highest BCUT2D eigenvalue weighted by Gasteiger charge is 2.20. The van der Waals surface area contributed by atoms with Crippen LogP contribution in [0.4, 0.5) is 5.95 Å². The summed E-state index contributed by atoms with van der Waals surface area (Å²) in [5.41, 5.74) is 0. The Morgan fingerprint density at radius 1 is 1.16 bits per heavy atom. The van der Waals surface area contributed by atoms with Gasteiger partial charge in [0.25, 0.3) is 0 Å². The highest BCUT2D eigenvalue weighted by Crippen LogP contribution is 2.18. The lowest BCUT2D eigenvalue weighted by molar-refractivity contribution is 0.145. The number of imidazole rings is 1. The van der Waals surface area contributed by atoms with Crippen molar-refractivity contribution in [1.29, 1.82) is 0 Å². The maximum atomic E-state index is 9.51. The summed E-state index contributed by atoms with van der Waals surface area (Å²) in [7, 11) is 0. The van der Waals surface area contributed by atoms with Crippen LogP contribution in [0.3, 0.4) is 0 Å². The number of nitrogens with zero attached hydrogens (tertiary/aromatic N) is 6. The molecule has 1 saturated heterocycles. The van der Waals surface area contributed by atoms with Crippen LogP contribution in [0.15, 0.2) is 18.7 Å². The number of piperidine rings is 1. The van der Waals surface area contributed by atoms with Gasteiger partial charge in [0.2, 0.25) is 17.2 Å². The molecule has 0 unspecified atom stereocenters. The van der Waals surface area contributed by atoms with Gasteiger partial charge in [-0.15, -0.1) is 0 Å². The van der Waals surface area contributed by atoms with Crippen molar-refractivity contribution in [1.82, 2.24) is 24.5 Å². The van der Waals surface area contributed by atoms with Crippen LogP contribution in [0.2, 0.25) is 5.28 Å². The van der Waals surface area contributed by atoms with E-state index in [9.17, 15) is 5.11 Å². The molecule has 19 heavy (non-hydrogen) atoms. The fraction of sp³-hybridized carbons (Fsp3) is 0.455. The topological polar surface area (TPSA) is 80.0 Å². The second-order valence-corrected chi connectivity index (χ2v) is 4.73. The summed E-state index contributed by atoms with van der Waals surface area (Å²) in [6.07, 6.45) is 6.19. The minimum Gasteiger partial charge on any atom is -0.393 e. The normalized spacial score (nSPS) is 16.8. The van der Waals surface area contributed by atoms with Crippen LogP contribution < -0.4 is 4.90 Å². The van der Waals surface area contributed by atoms with E-state index in [0.717, 1.165) is 0 Å². The highest BCUT2D eigenvalue weighted by atomic mass is 35.5. The molecule has 2 aromatic rings. The zero-order valence-corrected chi connectivity index (χ0v) is 10.9. The average Bonchev–Trinajstić information content (AvgIpc) is 2.93. The second-order valence-electron chi connectivity index (χ2n) is 4.39. The molecule has 1 aliphatic heterocycles. The van der Waals surface area contributed by atoms with Crippen molar-refractivity contribution in [2.45, 2.75) is 18.9 Å². The van der Waals surface area contributed by atoms with Crippen molar-refractivity contribution >= 4 is 17.5 Å². The van der Waals surface area contributed by atoms with Gasteiger partial charge in [-0.2, -0.15) is 15.0 Å². The van der Waals surface area contributed by atoms with Crippen LogP contribution >= 0.6 is 11.6 Å². The first-order valence-electron chi connectivity index (χ1n) is 6.05. The third-order valence-corrected chi connectivity index (χ3v) is 3.24. The first-order valence-corrected chi connectivity index (χ1v) is 6.43. The fourth-order valence-corrected chi connectivity index (χ4v) is 2.18. The quantitative estimate of drug-likeness (QED) is 0.871. The van der Waals surface area contributed by atoms with Crippen molar-refractivity contribution in [2.24, 2.45) is 0 Å². The van der Waals surface area contributed by atoms with Crippen LogP contribution in [-0.2, 0) is 0 Å². The Morgan fingerprint density at radius 2 is 1.89 bits per heavy atom. The molecule has 0 aromatic carbocycles. The molecule has 100 valence electrons. The minimum absolute atomic E-state index is 0.153. The van der Waals surface area contributed by atoms with Crippen LogP contribution in [0, 0.1) is 0 Å². The van der Waals surface area contributed by atoms with E-state index >= 15 is 0 Å². The summed E-state index contributed by atoms with van der Waals surface area (Å²) < 4.78 is 1.68. The van der Waals surface area contributed by atoms with Crippen LogP contribution in [0.25, 0.3) is 5.95 Å². The highest BCUT2D eigenvalue weighted by molar-refractivity contribution is 6.28. The Bertz CT molecular complexity index is 552.